The number of rotatable bonds is 4. The maximum Gasteiger partial charge on any atom is 0.363 e. The lowest BCUT2D eigenvalue weighted by atomic mass is 10.2. The molecule has 0 aliphatic carbocycles. The highest BCUT2D eigenvalue weighted by Crippen LogP contribution is 2.22. The van der Waals surface area contributed by atoms with Crippen LogP contribution in [0.1, 0.15) is 18.1 Å². The van der Waals surface area contributed by atoms with Gasteiger partial charge in [-0.25, -0.2) is 9.79 Å². The number of hydrogen-bond donors (Lipinski definition) is 0. The topological polar surface area (TPSA) is 47.9 Å². The lowest BCUT2D eigenvalue weighted by Crippen LogP contribution is -2.05. The fourth-order valence-corrected chi connectivity index (χ4v) is 2.41. The van der Waals surface area contributed by atoms with E-state index in [1.807, 2.05) is 55.5 Å². The number of halogens is 1. The molecule has 0 spiro atoms. The molecule has 1 aliphatic rings. The minimum absolute atomic E-state index is 0.275. The van der Waals surface area contributed by atoms with Gasteiger partial charge in [0.15, 0.2) is 5.70 Å². The third-order valence-electron chi connectivity index (χ3n) is 3.18. The highest BCUT2D eigenvalue weighted by Gasteiger charge is 2.24. The number of cyclic esters (lactones) is 1. The summed E-state index contributed by atoms with van der Waals surface area (Å²) in [4.78, 5) is 16.3. The average molecular weight is 372 g/mol. The zero-order chi connectivity index (χ0) is 16.2. The number of aliphatic imine (C=N–C) groups is 1. The van der Waals surface area contributed by atoms with E-state index in [1.165, 1.54) is 0 Å². The maximum atomic E-state index is 12.0. The first-order valence-electron chi connectivity index (χ1n) is 7.17. The van der Waals surface area contributed by atoms with Crippen molar-refractivity contribution in [3.63, 3.8) is 0 Å². The Morgan fingerprint density at radius 1 is 1.22 bits per heavy atom. The highest BCUT2D eigenvalue weighted by atomic mass is 79.9. The van der Waals surface area contributed by atoms with Crippen LogP contribution in [0.5, 0.6) is 5.75 Å². The van der Waals surface area contributed by atoms with Gasteiger partial charge in [-0.15, -0.1) is 0 Å². The molecule has 0 bridgehead atoms. The molecule has 0 fully saturated rings. The Morgan fingerprint density at radius 2 is 2.00 bits per heavy atom. The second-order valence-corrected chi connectivity index (χ2v) is 5.76. The van der Waals surface area contributed by atoms with Gasteiger partial charge >= 0.3 is 5.97 Å². The summed E-state index contributed by atoms with van der Waals surface area (Å²) in [6, 6.07) is 14.9. The third-order valence-corrected chi connectivity index (χ3v) is 3.71. The van der Waals surface area contributed by atoms with Crippen molar-refractivity contribution in [2.45, 2.75) is 6.92 Å². The molecule has 2 aromatic rings. The Bertz CT molecular complexity index is 794. The van der Waals surface area contributed by atoms with E-state index in [9.17, 15) is 4.79 Å². The normalized spacial score (nSPS) is 15.5. The average Bonchev–Trinajstić information content (AvgIpc) is 2.90. The highest BCUT2D eigenvalue weighted by molar-refractivity contribution is 9.10. The van der Waals surface area contributed by atoms with E-state index in [0.717, 1.165) is 21.3 Å². The van der Waals surface area contributed by atoms with Gasteiger partial charge < -0.3 is 9.47 Å². The van der Waals surface area contributed by atoms with E-state index in [2.05, 4.69) is 20.9 Å². The number of nitrogens with zero attached hydrogens (tertiary/aromatic N) is 1. The Hall–Kier alpha value is -2.40. The van der Waals surface area contributed by atoms with Gasteiger partial charge in [-0.1, -0.05) is 28.1 Å². The number of benzene rings is 2. The SMILES string of the molecule is CCOc1cccc(/C=C2/N=C(c3ccc(Br)cc3)OC2=O)c1. The Morgan fingerprint density at radius 3 is 2.74 bits per heavy atom. The molecule has 1 aliphatic heterocycles. The summed E-state index contributed by atoms with van der Waals surface area (Å²) in [7, 11) is 0. The monoisotopic (exact) mass is 371 g/mol. The van der Waals surface area contributed by atoms with Gasteiger partial charge in [-0.3, -0.25) is 0 Å². The van der Waals surface area contributed by atoms with Crippen LogP contribution in [0.4, 0.5) is 0 Å². The summed E-state index contributed by atoms with van der Waals surface area (Å²) >= 11 is 3.37. The Balaban J connectivity index is 1.88. The van der Waals surface area contributed by atoms with Crippen LogP contribution in [0.15, 0.2) is 63.7 Å². The summed E-state index contributed by atoms with van der Waals surface area (Å²) in [5.74, 6) is 0.616. The first-order valence-corrected chi connectivity index (χ1v) is 7.96. The lowest BCUT2D eigenvalue weighted by molar-refractivity contribution is -0.129. The minimum atomic E-state index is -0.454. The quantitative estimate of drug-likeness (QED) is 0.597. The van der Waals surface area contributed by atoms with Gasteiger partial charge in [-0.05, 0) is 55.0 Å². The molecule has 3 rings (SSSR count). The number of ether oxygens (including phenoxy) is 2. The fourth-order valence-electron chi connectivity index (χ4n) is 2.14. The van der Waals surface area contributed by atoms with Gasteiger partial charge in [0, 0.05) is 10.0 Å². The van der Waals surface area contributed by atoms with Crippen LogP contribution in [-0.4, -0.2) is 18.5 Å². The largest absolute Gasteiger partial charge is 0.494 e. The van der Waals surface area contributed by atoms with E-state index in [4.69, 9.17) is 9.47 Å². The molecule has 0 saturated carbocycles. The lowest BCUT2D eigenvalue weighted by Gasteiger charge is -2.03. The number of hydrogen-bond acceptors (Lipinski definition) is 4. The zero-order valence-corrected chi connectivity index (χ0v) is 14.0. The molecule has 5 heteroatoms. The van der Waals surface area contributed by atoms with E-state index >= 15 is 0 Å². The Kier molecular flexibility index (Phi) is 4.57. The summed E-state index contributed by atoms with van der Waals surface area (Å²) in [6.45, 7) is 2.52. The molecule has 1 heterocycles. The summed E-state index contributed by atoms with van der Waals surface area (Å²) in [5, 5.41) is 0. The van der Waals surface area contributed by atoms with Crippen LogP contribution in [-0.2, 0) is 9.53 Å². The molecule has 0 amide bonds. The molecule has 23 heavy (non-hydrogen) atoms. The van der Waals surface area contributed by atoms with Crippen molar-refractivity contribution in [1.29, 1.82) is 0 Å². The minimum Gasteiger partial charge on any atom is -0.494 e. The second kappa shape index (κ2) is 6.79. The van der Waals surface area contributed by atoms with Crippen molar-refractivity contribution in [2.24, 2.45) is 4.99 Å². The van der Waals surface area contributed by atoms with Gasteiger partial charge in [0.25, 0.3) is 0 Å². The zero-order valence-electron chi connectivity index (χ0n) is 12.5. The number of carbonyl (C=O) groups excluding carboxylic acids is 1. The molecular weight excluding hydrogens is 358 g/mol. The molecule has 0 aromatic heterocycles. The van der Waals surface area contributed by atoms with Crippen LogP contribution < -0.4 is 4.74 Å². The fraction of sp³-hybridized carbons (Fsp3) is 0.111. The Labute approximate surface area is 142 Å². The van der Waals surface area contributed by atoms with Crippen LogP contribution in [0, 0.1) is 0 Å². The van der Waals surface area contributed by atoms with Crippen LogP contribution in [0.2, 0.25) is 0 Å². The molecular formula is C18H14BrNO3. The molecule has 2 aromatic carbocycles. The van der Waals surface area contributed by atoms with E-state index in [1.54, 1.807) is 6.08 Å². The van der Waals surface area contributed by atoms with E-state index in [-0.39, 0.29) is 5.70 Å². The van der Waals surface area contributed by atoms with Crippen molar-refractivity contribution < 1.29 is 14.3 Å². The van der Waals surface area contributed by atoms with Crippen LogP contribution in [0.25, 0.3) is 6.08 Å². The van der Waals surface area contributed by atoms with Gasteiger partial charge in [0.05, 0.1) is 6.61 Å². The standard InChI is InChI=1S/C18H14BrNO3/c1-2-22-15-5-3-4-12(10-15)11-16-18(21)23-17(20-16)13-6-8-14(19)9-7-13/h3-11H,2H2,1H3/b16-11+. The molecule has 116 valence electrons. The predicted molar refractivity (Wildman–Crippen MR) is 92.4 cm³/mol. The first-order chi connectivity index (χ1) is 11.2. The van der Waals surface area contributed by atoms with Crippen molar-refractivity contribution >= 4 is 33.9 Å². The van der Waals surface area contributed by atoms with E-state index in [0.29, 0.717) is 12.5 Å². The van der Waals surface area contributed by atoms with Crippen molar-refractivity contribution in [1.82, 2.24) is 0 Å². The van der Waals surface area contributed by atoms with E-state index < -0.39 is 5.97 Å². The summed E-state index contributed by atoms with van der Waals surface area (Å²) in [5.41, 5.74) is 1.87. The summed E-state index contributed by atoms with van der Waals surface area (Å²) in [6.07, 6.45) is 1.69. The molecule has 0 atom stereocenters. The predicted octanol–water partition coefficient (Wildman–Crippen LogP) is 4.19. The number of esters is 1. The molecule has 0 radical (unpaired) electrons. The van der Waals surface area contributed by atoms with Crippen molar-refractivity contribution in [3.8, 4) is 5.75 Å². The summed E-state index contributed by atoms with van der Waals surface area (Å²) < 4.78 is 11.7. The van der Waals surface area contributed by atoms with Crippen molar-refractivity contribution in [3.05, 3.63) is 69.8 Å². The second-order valence-electron chi connectivity index (χ2n) is 4.85. The van der Waals surface area contributed by atoms with Crippen LogP contribution >= 0.6 is 15.9 Å². The van der Waals surface area contributed by atoms with Crippen molar-refractivity contribution in [2.75, 3.05) is 6.61 Å². The molecule has 0 N–H and O–H groups in total. The molecule has 0 unspecified atom stereocenters. The first kappa shape index (κ1) is 15.5. The van der Waals surface area contributed by atoms with Gasteiger partial charge in [0.1, 0.15) is 5.75 Å². The number of carbonyl (C=O) groups is 1. The molecule has 4 nitrogen and oxygen atoms in total. The van der Waals surface area contributed by atoms with Gasteiger partial charge in [0.2, 0.25) is 5.90 Å². The van der Waals surface area contributed by atoms with Crippen LogP contribution in [0.3, 0.4) is 0 Å². The maximum absolute atomic E-state index is 12.0. The third kappa shape index (κ3) is 3.68. The van der Waals surface area contributed by atoms with Gasteiger partial charge in [-0.2, -0.15) is 0 Å². The smallest absolute Gasteiger partial charge is 0.363 e. The molecule has 0 saturated heterocycles.